The Bertz CT molecular complexity index is 408. The second-order valence-corrected chi connectivity index (χ2v) is 5.67. The summed E-state index contributed by atoms with van der Waals surface area (Å²) < 4.78 is 14.1. The normalized spacial score (nSPS) is 20.0. The summed E-state index contributed by atoms with van der Waals surface area (Å²) in [5, 5.41) is 3.38. The van der Waals surface area contributed by atoms with Gasteiger partial charge >= 0.3 is 0 Å². The Morgan fingerprint density at radius 2 is 2.00 bits per heavy atom. The number of hydrogen-bond donors (Lipinski definition) is 1. The lowest BCUT2D eigenvalue weighted by atomic mass is 9.73. The molecular formula is C16H24FN. The molecule has 1 aromatic rings. The summed E-state index contributed by atoms with van der Waals surface area (Å²) in [7, 11) is 1.96. The van der Waals surface area contributed by atoms with Crippen LogP contribution in [0, 0.1) is 18.2 Å². The second kappa shape index (κ2) is 5.40. The van der Waals surface area contributed by atoms with Crippen molar-refractivity contribution in [3.8, 4) is 0 Å². The van der Waals surface area contributed by atoms with E-state index in [0.717, 1.165) is 17.5 Å². The van der Waals surface area contributed by atoms with Crippen LogP contribution in [-0.2, 0) is 0 Å². The number of halogens is 1. The van der Waals surface area contributed by atoms with Gasteiger partial charge in [-0.05, 0) is 44.7 Å². The van der Waals surface area contributed by atoms with Gasteiger partial charge in [-0.15, -0.1) is 0 Å². The lowest BCUT2D eigenvalue weighted by molar-refractivity contribution is 0.191. The third-order valence-electron chi connectivity index (χ3n) is 4.67. The molecule has 0 radical (unpaired) electrons. The summed E-state index contributed by atoms with van der Waals surface area (Å²) >= 11 is 0. The van der Waals surface area contributed by atoms with E-state index in [-0.39, 0.29) is 17.3 Å². The van der Waals surface area contributed by atoms with Crippen molar-refractivity contribution in [1.82, 2.24) is 5.32 Å². The smallest absolute Gasteiger partial charge is 0.128 e. The molecule has 2 rings (SSSR count). The van der Waals surface area contributed by atoms with Gasteiger partial charge in [-0.3, -0.25) is 0 Å². The SMILES string of the molecule is CCC1(C(NC)c2cc(C)ccc2F)CCCC1. The predicted octanol–water partition coefficient (Wildman–Crippen LogP) is 4.37. The Kier molecular flexibility index (Phi) is 4.06. The summed E-state index contributed by atoms with van der Waals surface area (Å²) in [4.78, 5) is 0. The molecular weight excluding hydrogens is 225 g/mol. The molecule has 2 heteroatoms. The second-order valence-electron chi connectivity index (χ2n) is 5.67. The molecule has 1 saturated carbocycles. The van der Waals surface area contributed by atoms with E-state index in [0.29, 0.717) is 0 Å². The molecule has 100 valence electrons. The summed E-state index contributed by atoms with van der Waals surface area (Å²) in [5.41, 5.74) is 2.22. The van der Waals surface area contributed by atoms with Crippen LogP contribution >= 0.6 is 0 Å². The van der Waals surface area contributed by atoms with Crippen LogP contribution in [0.4, 0.5) is 4.39 Å². The number of hydrogen-bond acceptors (Lipinski definition) is 1. The molecule has 18 heavy (non-hydrogen) atoms. The monoisotopic (exact) mass is 249 g/mol. The summed E-state index contributed by atoms with van der Waals surface area (Å²) in [5.74, 6) is -0.0697. The Hall–Kier alpha value is -0.890. The minimum atomic E-state index is -0.0697. The van der Waals surface area contributed by atoms with Gasteiger partial charge in [-0.2, -0.15) is 0 Å². The van der Waals surface area contributed by atoms with Crippen LogP contribution in [0.25, 0.3) is 0 Å². The van der Waals surface area contributed by atoms with Gasteiger partial charge in [-0.1, -0.05) is 37.5 Å². The molecule has 0 aliphatic heterocycles. The van der Waals surface area contributed by atoms with E-state index in [9.17, 15) is 4.39 Å². The average molecular weight is 249 g/mol. The van der Waals surface area contributed by atoms with E-state index in [4.69, 9.17) is 0 Å². The number of aryl methyl sites for hydroxylation is 1. The lowest BCUT2D eigenvalue weighted by Gasteiger charge is -2.37. The van der Waals surface area contributed by atoms with Crippen LogP contribution in [0.15, 0.2) is 18.2 Å². The van der Waals surface area contributed by atoms with Crippen molar-refractivity contribution in [2.45, 2.75) is 52.0 Å². The van der Waals surface area contributed by atoms with Crippen molar-refractivity contribution < 1.29 is 4.39 Å². The lowest BCUT2D eigenvalue weighted by Crippen LogP contribution is -2.35. The van der Waals surface area contributed by atoms with Gasteiger partial charge in [0.25, 0.3) is 0 Å². The van der Waals surface area contributed by atoms with Gasteiger partial charge in [0, 0.05) is 11.6 Å². The van der Waals surface area contributed by atoms with Crippen LogP contribution in [0.2, 0.25) is 0 Å². The highest BCUT2D eigenvalue weighted by atomic mass is 19.1. The maximum Gasteiger partial charge on any atom is 0.128 e. The third-order valence-corrected chi connectivity index (χ3v) is 4.67. The molecule has 1 atom stereocenters. The molecule has 0 saturated heterocycles. The van der Waals surface area contributed by atoms with Crippen LogP contribution in [0.5, 0.6) is 0 Å². The largest absolute Gasteiger partial charge is 0.312 e. The predicted molar refractivity (Wildman–Crippen MR) is 74.1 cm³/mol. The zero-order chi connectivity index (χ0) is 13.2. The fourth-order valence-corrected chi connectivity index (χ4v) is 3.60. The fourth-order valence-electron chi connectivity index (χ4n) is 3.60. The molecule has 1 fully saturated rings. The first-order chi connectivity index (χ1) is 8.63. The zero-order valence-electron chi connectivity index (χ0n) is 11.7. The van der Waals surface area contributed by atoms with Crippen molar-refractivity contribution in [3.63, 3.8) is 0 Å². The highest BCUT2D eigenvalue weighted by Gasteiger charge is 2.40. The topological polar surface area (TPSA) is 12.0 Å². The van der Waals surface area contributed by atoms with E-state index in [1.165, 1.54) is 25.7 Å². The minimum absolute atomic E-state index is 0.0697. The van der Waals surface area contributed by atoms with Crippen molar-refractivity contribution in [2.75, 3.05) is 7.05 Å². The van der Waals surface area contributed by atoms with Gasteiger partial charge in [0.1, 0.15) is 5.82 Å². The molecule has 1 aliphatic rings. The number of nitrogens with one attached hydrogen (secondary N) is 1. The molecule has 1 nitrogen and oxygen atoms in total. The highest BCUT2D eigenvalue weighted by Crippen LogP contribution is 2.50. The van der Waals surface area contributed by atoms with Gasteiger partial charge in [-0.25, -0.2) is 4.39 Å². The van der Waals surface area contributed by atoms with E-state index in [2.05, 4.69) is 12.2 Å². The Morgan fingerprint density at radius 1 is 1.33 bits per heavy atom. The van der Waals surface area contributed by atoms with E-state index in [1.54, 1.807) is 6.07 Å². The molecule has 0 heterocycles. The molecule has 1 aliphatic carbocycles. The molecule has 1 unspecified atom stereocenters. The van der Waals surface area contributed by atoms with Crippen LogP contribution < -0.4 is 5.32 Å². The molecule has 0 spiro atoms. The van der Waals surface area contributed by atoms with Gasteiger partial charge < -0.3 is 5.32 Å². The van der Waals surface area contributed by atoms with Gasteiger partial charge in [0.05, 0.1) is 0 Å². The Morgan fingerprint density at radius 3 is 2.56 bits per heavy atom. The maximum absolute atomic E-state index is 14.1. The first kappa shape index (κ1) is 13.5. The highest BCUT2D eigenvalue weighted by molar-refractivity contribution is 5.28. The molecule has 0 amide bonds. The average Bonchev–Trinajstić information content (AvgIpc) is 2.84. The molecule has 0 aromatic heterocycles. The molecule has 1 aromatic carbocycles. The fraction of sp³-hybridized carbons (Fsp3) is 0.625. The van der Waals surface area contributed by atoms with Gasteiger partial charge in [0.15, 0.2) is 0 Å². The summed E-state index contributed by atoms with van der Waals surface area (Å²) in [6.45, 7) is 4.27. The third kappa shape index (κ3) is 2.31. The Balaban J connectivity index is 2.40. The summed E-state index contributed by atoms with van der Waals surface area (Å²) in [6.07, 6.45) is 6.09. The number of rotatable bonds is 4. The molecule has 0 bridgehead atoms. The van der Waals surface area contributed by atoms with Crippen LogP contribution in [0.3, 0.4) is 0 Å². The maximum atomic E-state index is 14.1. The number of benzene rings is 1. The van der Waals surface area contributed by atoms with Gasteiger partial charge in [0.2, 0.25) is 0 Å². The minimum Gasteiger partial charge on any atom is -0.312 e. The van der Waals surface area contributed by atoms with E-state index in [1.807, 2.05) is 26.1 Å². The van der Waals surface area contributed by atoms with Crippen LogP contribution in [-0.4, -0.2) is 7.05 Å². The first-order valence-corrected chi connectivity index (χ1v) is 7.06. The summed E-state index contributed by atoms with van der Waals surface area (Å²) in [6, 6.07) is 5.60. The van der Waals surface area contributed by atoms with Crippen molar-refractivity contribution in [1.29, 1.82) is 0 Å². The first-order valence-electron chi connectivity index (χ1n) is 7.06. The quantitative estimate of drug-likeness (QED) is 0.835. The van der Waals surface area contributed by atoms with Crippen molar-refractivity contribution in [2.24, 2.45) is 5.41 Å². The van der Waals surface area contributed by atoms with Crippen LogP contribution in [0.1, 0.15) is 56.2 Å². The van der Waals surface area contributed by atoms with Crippen molar-refractivity contribution >= 4 is 0 Å². The zero-order valence-corrected chi connectivity index (χ0v) is 11.7. The molecule has 1 N–H and O–H groups in total. The van der Waals surface area contributed by atoms with E-state index >= 15 is 0 Å². The van der Waals surface area contributed by atoms with Crippen molar-refractivity contribution in [3.05, 3.63) is 35.1 Å². The van der Waals surface area contributed by atoms with E-state index < -0.39 is 0 Å². The Labute approximate surface area is 110 Å². The standard InChI is InChI=1S/C16H24FN/c1-4-16(9-5-6-10-16)15(18-3)13-11-12(2)7-8-14(13)17/h7-8,11,15,18H,4-6,9-10H2,1-3H3.